The SMILES string of the molecule is Fc1ccc(Br)cc1/C=C/CCl. The Bertz CT molecular complexity index is 297. The van der Waals surface area contributed by atoms with Crippen LogP contribution < -0.4 is 0 Å². The fourth-order valence-corrected chi connectivity index (χ4v) is 1.28. The molecular weight excluding hydrogens is 242 g/mol. The van der Waals surface area contributed by atoms with Crippen LogP contribution in [0.4, 0.5) is 4.39 Å². The standard InChI is InChI=1S/C9H7BrClF/c10-8-3-4-9(12)7(6-8)2-1-5-11/h1-4,6H,5H2/b2-1+. The molecule has 0 heterocycles. The molecule has 0 nitrogen and oxygen atoms in total. The number of benzene rings is 1. The smallest absolute Gasteiger partial charge is 0.130 e. The monoisotopic (exact) mass is 248 g/mol. The number of hydrogen-bond acceptors (Lipinski definition) is 0. The lowest BCUT2D eigenvalue weighted by Gasteiger charge is -1.96. The van der Waals surface area contributed by atoms with E-state index in [1.165, 1.54) is 6.07 Å². The molecule has 0 aliphatic rings. The Kier molecular flexibility index (Phi) is 3.76. The Morgan fingerprint density at radius 2 is 2.25 bits per heavy atom. The van der Waals surface area contributed by atoms with E-state index in [1.807, 2.05) is 0 Å². The van der Waals surface area contributed by atoms with Gasteiger partial charge in [0.05, 0.1) is 0 Å². The van der Waals surface area contributed by atoms with Crippen molar-refractivity contribution in [3.05, 3.63) is 40.1 Å². The summed E-state index contributed by atoms with van der Waals surface area (Å²) in [6.45, 7) is 0. The first-order chi connectivity index (χ1) is 5.74. The van der Waals surface area contributed by atoms with E-state index >= 15 is 0 Å². The van der Waals surface area contributed by atoms with E-state index in [9.17, 15) is 4.39 Å². The minimum atomic E-state index is -0.237. The molecule has 12 heavy (non-hydrogen) atoms. The molecule has 0 bridgehead atoms. The zero-order valence-corrected chi connectivity index (χ0v) is 8.57. The summed E-state index contributed by atoms with van der Waals surface area (Å²) in [5, 5.41) is 0. The molecule has 0 amide bonds. The lowest BCUT2D eigenvalue weighted by atomic mass is 10.2. The van der Waals surface area contributed by atoms with Crippen LogP contribution in [0.25, 0.3) is 6.08 Å². The number of alkyl halides is 1. The first-order valence-corrected chi connectivity index (χ1v) is 4.74. The van der Waals surface area contributed by atoms with Gasteiger partial charge in [0, 0.05) is 15.9 Å². The van der Waals surface area contributed by atoms with Gasteiger partial charge >= 0.3 is 0 Å². The summed E-state index contributed by atoms with van der Waals surface area (Å²) in [5.41, 5.74) is 0.546. The van der Waals surface area contributed by atoms with Gasteiger partial charge in [0.25, 0.3) is 0 Å². The van der Waals surface area contributed by atoms with Gasteiger partial charge in [-0.2, -0.15) is 0 Å². The van der Waals surface area contributed by atoms with Crippen LogP contribution in [0, 0.1) is 5.82 Å². The maximum atomic E-state index is 13.0. The molecule has 0 aliphatic heterocycles. The van der Waals surface area contributed by atoms with E-state index in [0.717, 1.165) is 4.47 Å². The molecule has 0 saturated carbocycles. The first-order valence-electron chi connectivity index (χ1n) is 3.41. The Morgan fingerprint density at radius 1 is 1.50 bits per heavy atom. The molecule has 1 rings (SSSR count). The normalized spacial score (nSPS) is 10.9. The van der Waals surface area contributed by atoms with Crippen molar-refractivity contribution in [1.82, 2.24) is 0 Å². The van der Waals surface area contributed by atoms with Crippen LogP contribution in [0.2, 0.25) is 0 Å². The highest BCUT2D eigenvalue weighted by molar-refractivity contribution is 9.10. The van der Waals surface area contributed by atoms with Crippen molar-refractivity contribution in [3.63, 3.8) is 0 Å². The first kappa shape index (κ1) is 9.75. The minimum Gasteiger partial charge on any atom is -0.206 e. The minimum absolute atomic E-state index is 0.237. The summed E-state index contributed by atoms with van der Waals surface area (Å²) in [5.74, 6) is 0.158. The van der Waals surface area contributed by atoms with Gasteiger partial charge in [-0.15, -0.1) is 11.6 Å². The van der Waals surface area contributed by atoms with E-state index in [-0.39, 0.29) is 5.82 Å². The fourth-order valence-electron chi connectivity index (χ4n) is 0.814. The van der Waals surface area contributed by atoms with Crippen LogP contribution in [0.5, 0.6) is 0 Å². The van der Waals surface area contributed by atoms with Crippen molar-refractivity contribution in [3.8, 4) is 0 Å². The van der Waals surface area contributed by atoms with E-state index in [2.05, 4.69) is 15.9 Å². The van der Waals surface area contributed by atoms with Crippen LogP contribution in [-0.2, 0) is 0 Å². The summed E-state index contributed by atoms with van der Waals surface area (Å²) in [7, 11) is 0. The zero-order valence-electron chi connectivity index (χ0n) is 6.23. The van der Waals surface area contributed by atoms with E-state index in [1.54, 1.807) is 24.3 Å². The van der Waals surface area contributed by atoms with Gasteiger partial charge < -0.3 is 0 Å². The van der Waals surface area contributed by atoms with Crippen LogP contribution in [0.1, 0.15) is 5.56 Å². The lowest BCUT2D eigenvalue weighted by molar-refractivity contribution is 0.625. The highest BCUT2D eigenvalue weighted by Crippen LogP contribution is 2.16. The van der Waals surface area contributed by atoms with Gasteiger partial charge in [-0.3, -0.25) is 0 Å². The third-order valence-corrected chi connectivity index (χ3v) is 2.02. The number of hydrogen-bond donors (Lipinski definition) is 0. The second kappa shape index (κ2) is 4.63. The van der Waals surface area contributed by atoms with Crippen molar-refractivity contribution < 1.29 is 4.39 Å². The Morgan fingerprint density at radius 3 is 2.92 bits per heavy atom. The molecule has 3 heteroatoms. The molecule has 0 fully saturated rings. The van der Waals surface area contributed by atoms with Gasteiger partial charge in [-0.1, -0.05) is 28.1 Å². The molecule has 0 N–H and O–H groups in total. The van der Waals surface area contributed by atoms with Crippen LogP contribution in [0.3, 0.4) is 0 Å². The van der Waals surface area contributed by atoms with Crippen molar-refractivity contribution in [2.75, 3.05) is 5.88 Å². The Hall–Kier alpha value is -0.340. The highest BCUT2D eigenvalue weighted by atomic mass is 79.9. The van der Waals surface area contributed by atoms with Gasteiger partial charge in [-0.05, 0) is 18.2 Å². The molecular formula is C9H7BrClF. The lowest BCUT2D eigenvalue weighted by Crippen LogP contribution is -1.80. The van der Waals surface area contributed by atoms with Crippen LogP contribution in [0.15, 0.2) is 28.7 Å². The van der Waals surface area contributed by atoms with Crippen molar-refractivity contribution in [1.29, 1.82) is 0 Å². The molecule has 0 saturated heterocycles. The fraction of sp³-hybridized carbons (Fsp3) is 0.111. The summed E-state index contributed by atoms with van der Waals surface area (Å²) in [6, 6.07) is 4.78. The molecule has 0 spiro atoms. The van der Waals surface area contributed by atoms with E-state index in [4.69, 9.17) is 11.6 Å². The largest absolute Gasteiger partial charge is 0.206 e. The third-order valence-electron chi connectivity index (χ3n) is 1.34. The molecule has 1 aromatic rings. The maximum Gasteiger partial charge on any atom is 0.130 e. The van der Waals surface area contributed by atoms with Gasteiger partial charge in [0.2, 0.25) is 0 Å². The van der Waals surface area contributed by atoms with E-state index < -0.39 is 0 Å². The second-order valence-electron chi connectivity index (χ2n) is 2.22. The summed E-state index contributed by atoms with van der Waals surface area (Å²) >= 11 is 8.68. The quantitative estimate of drug-likeness (QED) is 0.699. The predicted molar refractivity (Wildman–Crippen MR) is 53.9 cm³/mol. The van der Waals surface area contributed by atoms with Gasteiger partial charge in [0.1, 0.15) is 5.82 Å². The third kappa shape index (κ3) is 2.61. The maximum absolute atomic E-state index is 13.0. The highest BCUT2D eigenvalue weighted by Gasteiger charge is 1.97. The van der Waals surface area contributed by atoms with Crippen molar-refractivity contribution >= 4 is 33.6 Å². The molecule has 1 aromatic carbocycles. The Balaban J connectivity index is 2.97. The van der Waals surface area contributed by atoms with Crippen LogP contribution >= 0.6 is 27.5 Å². The number of halogens is 3. The topological polar surface area (TPSA) is 0 Å². The molecule has 0 radical (unpaired) electrons. The van der Waals surface area contributed by atoms with E-state index in [0.29, 0.717) is 11.4 Å². The summed E-state index contributed by atoms with van der Waals surface area (Å²) < 4.78 is 13.8. The molecule has 64 valence electrons. The number of allylic oxidation sites excluding steroid dienone is 1. The number of rotatable bonds is 2. The second-order valence-corrected chi connectivity index (χ2v) is 3.45. The predicted octanol–water partition coefficient (Wildman–Crippen LogP) is 3.84. The van der Waals surface area contributed by atoms with Gasteiger partial charge in [-0.25, -0.2) is 4.39 Å². The Labute approximate surface area is 84.2 Å². The average molecular weight is 250 g/mol. The van der Waals surface area contributed by atoms with Crippen molar-refractivity contribution in [2.24, 2.45) is 0 Å². The summed E-state index contributed by atoms with van der Waals surface area (Å²) in [4.78, 5) is 0. The summed E-state index contributed by atoms with van der Waals surface area (Å²) in [6.07, 6.45) is 3.36. The molecule has 0 aliphatic carbocycles. The molecule has 0 atom stereocenters. The van der Waals surface area contributed by atoms with Crippen LogP contribution in [-0.4, -0.2) is 5.88 Å². The van der Waals surface area contributed by atoms with Crippen molar-refractivity contribution in [2.45, 2.75) is 0 Å². The molecule has 0 aromatic heterocycles. The van der Waals surface area contributed by atoms with Gasteiger partial charge in [0.15, 0.2) is 0 Å². The zero-order chi connectivity index (χ0) is 8.97. The average Bonchev–Trinajstić information content (AvgIpc) is 2.07. The molecule has 0 unspecified atom stereocenters.